The number of pyridine rings is 1. The van der Waals surface area contributed by atoms with Crippen LogP contribution in [0.2, 0.25) is 0 Å². The molecule has 1 aromatic heterocycles. The number of nitrogen functional groups attached to an aromatic ring is 1. The van der Waals surface area contributed by atoms with Crippen LogP contribution < -0.4 is 5.73 Å². The standard InChI is InChI=1S/C13H21N3O/c1-13(17)4-2-7-16(8-5-13)10-11-3-6-15-12(14)9-11/h3,6,9,17H,2,4-5,7-8,10H2,1H3,(H2,14,15). The van der Waals surface area contributed by atoms with Crippen LogP contribution in [0.1, 0.15) is 31.7 Å². The Labute approximate surface area is 102 Å². The third-order valence-corrected chi connectivity index (χ3v) is 3.41. The fourth-order valence-electron chi connectivity index (χ4n) is 2.33. The van der Waals surface area contributed by atoms with E-state index >= 15 is 0 Å². The molecule has 4 heteroatoms. The van der Waals surface area contributed by atoms with Gasteiger partial charge in [0.15, 0.2) is 0 Å². The van der Waals surface area contributed by atoms with Crippen molar-refractivity contribution >= 4 is 5.82 Å². The molecule has 4 nitrogen and oxygen atoms in total. The van der Waals surface area contributed by atoms with E-state index in [9.17, 15) is 5.11 Å². The van der Waals surface area contributed by atoms with Crippen LogP contribution >= 0.6 is 0 Å². The molecule has 0 radical (unpaired) electrons. The topological polar surface area (TPSA) is 62.4 Å². The van der Waals surface area contributed by atoms with Crippen LogP contribution in [0.15, 0.2) is 18.3 Å². The van der Waals surface area contributed by atoms with Crippen molar-refractivity contribution in [3.63, 3.8) is 0 Å². The van der Waals surface area contributed by atoms with Gasteiger partial charge < -0.3 is 10.8 Å². The van der Waals surface area contributed by atoms with Crippen LogP contribution in [-0.4, -0.2) is 33.7 Å². The van der Waals surface area contributed by atoms with E-state index in [1.807, 2.05) is 19.1 Å². The second kappa shape index (κ2) is 5.02. The first-order valence-corrected chi connectivity index (χ1v) is 6.20. The number of rotatable bonds is 2. The fourth-order valence-corrected chi connectivity index (χ4v) is 2.33. The summed E-state index contributed by atoms with van der Waals surface area (Å²) in [6.45, 7) is 4.80. The average molecular weight is 235 g/mol. The molecule has 1 aromatic rings. The molecule has 0 amide bonds. The molecule has 0 spiro atoms. The molecule has 2 rings (SSSR count). The second-order valence-corrected chi connectivity index (χ2v) is 5.22. The van der Waals surface area contributed by atoms with E-state index < -0.39 is 5.60 Å². The van der Waals surface area contributed by atoms with Gasteiger partial charge in [-0.25, -0.2) is 4.98 Å². The number of anilines is 1. The summed E-state index contributed by atoms with van der Waals surface area (Å²) in [5, 5.41) is 10.0. The van der Waals surface area contributed by atoms with E-state index in [1.165, 1.54) is 5.56 Å². The molecule has 1 aliphatic heterocycles. The Morgan fingerprint density at radius 3 is 3.06 bits per heavy atom. The molecule has 1 saturated heterocycles. The predicted octanol–water partition coefficient (Wildman–Crippen LogP) is 1.40. The van der Waals surface area contributed by atoms with Gasteiger partial charge in [0.1, 0.15) is 5.82 Å². The highest BCUT2D eigenvalue weighted by molar-refractivity contribution is 5.31. The van der Waals surface area contributed by atoms with E-state index in [2.05, 4.69) is 9.88 Å². The van der Waals surface area contributed by atoms with Crippen molar-refractivity contribution in [1.82, 2.24) is 9.88 Å². The van der Waals surface area contributed by atoms with Gasteiger partial charge in [0, 0.05) is 19.3 Å². The smallest absolute Gasteiger partial charge is 0.123 e. The summed E-state index contributed by atoms with van der Waals surface area (Å²) in [5.74, 6) is 0.573. The van der Waals surface area contributed by atoms with Gasteiger partial charge in [-0.3, -0.25) is 4.90 Å². The Kier molecular flexibility index (Phi) is 3.64. The Balaban J connectivity index is 1.95. The monoisotopic (exact) mass is 235 g/mol. The van der Waals surface area contributed by atoms with E-state index in [0.29, 0.717) is 5.82 Å². The minimum atomic E-state index is -0.494. The molecule has 1 fully saturated rings. The minimum Gasteiger partial charge on any atom is -0.390 e. The van der Waals surface area contributed by atoms with Gasteiger partial charge in [-0.15, -0.1) is 0 Å². The van der Waals surface area contributed by atoms with Gasteiger partial charge >= 0.3 is 0 Å². The zero-order valence-electron chi connectivity index (χ0n) is 10.4. The van der Waals surface area contributed by atoms with Gasteiger partial charge in [0.25, 0.3) is 0 Å². The van der Waals surface area contributed by atoms with Crippen LogP contribution in [0.5, 0.6) is 0 Å². The van der Waals surface area contributed by atoms with E-state index in [-0.39, 0.29) is 0 Å². The van der Waals surface area contributed by atoms with Crippen molar-refractivity contribution in [1.29, 1.82) is 0 Å². The van der Waals surface area contributed by atoms with Crippen LogP contribution in [0.4, 0.5) is 5.82 Å². The van der Waals surface area contributed by atoms with E-state index in [4.69, 9.17) is 5.73 Å². The predicted molar refractivity (Wildman–Crippen MR) is 68.4 cm³/mol. The van der Waals surface area contributed by atoms with Crippen molar-refractivity contribution in [2.45, 2.75) is 38.3 Å². The molecular weight excluding hydrogens is 214 g/mol. The van der Waals surface area contributed by atoms with Crippen molar-refractivity contribution in [3.8, 4) is 0 Å². The van der Waals surface area contributed by atoms with E-state index in [0.717, 1.165) is 38.9 Å². The molecule has 1 unspecified atom stereocenters. The highest BCUT2D eigenvalue weighted by atomic mass is 16.3. The van der Waals surface area contributed by atoms with Crippen LogP contribution in [0.25, 0.3) is 0 Å². The van der Waals surface area contributed by atoms with Crippen LogP contribution in [0.3, 0.4) is 0 Å². The summed E-state index contributed by atoms with van der Waals surface area (Å²) in [7, 11) is 0. The molecule has 1 atom stereocenters. The number of likely N-dealkylation sites (tertiary alicyclic amines) is 1. The Bertz CT molecular complexity index is 379. The Hall–Kier alpha value is -1.13. The SMILES string of the molecule is CC1(O)CCCN(Cc2ccnc(N)c2)CC1. The summed E-state index contributed by atoms with van der Waals surface area (Å²) in [6, 6.07) is 3.92. The normalized spacial score (nSPS) is 26.7. The molecule has 1 aliphatic rings. The maximum absolute atomic E-state index is 10.0. The summed E-state index contributed by atoms with van der Waals surface area (Å²) in [5.41, 5.74) is 6.37. The molecule has 3 N–H and O–H groups in total. The molecule has 0 bridgehead atoms. The maximum atomic E-state index is 10.0. The number of nitrogens with two attached hydrogens (primary N) is 1. The van der Waals surface area contributed by atoms with Gasteiger partial charge in [-0.1, -0.05) is 0 Å². The lowest BCUT2D eigenvalue weighted by Crippen LogP contribution is -2.28. The fraction of sp³-hybridized carbons (Fsp3) is 0.615. The number of hydrogen-bond donors (Lipinski definition) is 2. The lowest BCUT2D eigenvalue weighted by Gasteiger charge is -2.22. The minimum absolute atomic E-state index is 0.494. The number of nitrogens with zero attached hydrogens (tertiary/aromatic N) is 2. The lowest BCUT2D eigenvalue weighted by molar-refractivity contribution is 0.0444. The third kappa shape index (κ3) is 3.68. The first-order valence-electron chi connectivity index (χ1n) is 6.20. The van der Waals surface area contributed by atoms with Crippen molar-refractivity contribution in [2.75, 3.05) is 18.8 Å². The van der Waals surface area contributed by atoms with Crippen molar-refractivity contribution in [3.05, 3.63) is 23.9 Å². The van der Waals surface area contributed by atoms with Crippen LogP contribution in [-0.2, 0) is 6.54 Å². The number of hydrogen-bond acceptors (Lipinski definition) is 4. The van der Waals surface area contributed by atoms with E-state index in [1.54, 1.807) is 6.20 Å². The van der Waals surface area contributed by atoms with Crippen molar-refractivity contribution in [2.24, 2.45) is 0 Å². The largest absolute Gasteiger partial charge is 0.390 e. The molecule has 0 aliphatic carbocycles. The summed E-state index contributed by atoms with van der Waals surface area (Å²) < 4.78 is 0. The van der Waals surface area contributed by atoms with Gasteiger partial charge in [-0.05, 0) is 50.4 Å². The summed E-state index contributed by atoms with van der Waals surface area (Å²) in [6.07, 6.45) is 4.53. The zero-order chi connectivity index (χ0) is 12.3. The first kappa shape index (κ1) is 12.3. The Morgan fingerprint density at radius 1 is 1.47 bits per heavy atom. The molecule has 94 valence electrons. The lowest BCUT2D eigenvalue weighted by atomic mass is 9.98. The molecule has 0 aromatic carbocycles. The summed E-state index contributed by atoms with van der Waals surface area (Å²) >= 11 is 0. The van der Waals surface area contributed by atoms with Crippen LogP contribution in [0, 0.1) is 0 Å². The molecular formula is C13H21N3O. The first-order chi connectivity index (χ1) is 8.05. The quantitative estimate of drug-likeness (QED) is 0.813. The Morgan fingerprint density at radius 2 is 2.29 bits per heavy atom. The number of aliphatic hydroxyl groups is 1. The van der Waals surface area contributed by atoms with Crippen molar-refractivity contribution < 1.29 is 5.11 Å². The summed E-state index contributed by atoms with van der Waals surface area (Å²) in [4.78, 5) is 6.37. The van der Waals surface area contributed by atoms with Gasteiger partial charge in [-0.2, -0.15) is 0 Å². The molecule has 0 saturated carbocycles. The van der Waals surface area contributed by atoms with Gasteiger partial charge in [0.05, 0.1) is 5.60 Å². The number of aromatic nitrogens is 1. The second-order valence-electron chi connectivity index (χ2n) is 5.22. The highest BCUT2D eigenvalue weighted by Crippen LogP contribution is 2.22. The highest BCUT2D eigenvalue weighted by Gasteiger charge is 2.24. The molecule has 17 heavy (non-hydrogen) atoms. The zero-order valence-corrected chi connectivity index (χ0v) is 10.4. The third-order valence-electron chi connectivity index (χ3n) is 3.41. The maximum Gasteiger partial charge on any atom is 0.123 e. The molecule has 2 heterocycles. The van der Waals surface area contributed by atoms with Gasteiger partial charge in [0.2, 0.25) is 0 Å². The average Bonchev–Trinajstić information content (AvgIpc) is 2.41.